The maximum Gasteiger partial charge on any atom is 0.0230 e. The summed E-state index contributed by atoms with van der Waals surface area (Å²) in [6, 6.07) is 0. The van der Waals surface area contributed by atoms with Crippen molar-refractivity contribution in [2.24, 2.45) is 0 Å². The molecule has 0 bridgehead atoms. The van der Waals surface area contributed by atoms with E-state index in [9.17, 15) is 0 Å². The predicted molar refractivity (Wildman–Crippen MR) is 62.0 cm³/mol. The van der Waals surface area contributed by atoms with Crippen molar-refractivity contribution in [3.63, 3.8) is 0 Å². The lowest BCUT2D eigenvalue weighted by Gasteiger charge is -2.14. The quantitative estimate of drug-likeness (QED) is 0.485. The van der Waals surface area contributed by atoms with Crippen LogP contribution in [0.25, 0.3) is 0 Å². The molecule has 0 atom stereocenters. The molecule has 1 heteroatoms. The lowest BCUT2D eigenvalue weighted by molar-refractivity contribution is 0.371. The first kappa shape index (κ1) is 11.1. The van der Waals surface area contributed by atoms with Crippen LogP contribution in [0.1, 0.15) is 26.2 Å². The highest BCUT2D eigenvalue weighted by Crippen LogP contribution is 2.11. The highest BCUT2D eigenvalue weighted by atomic mass is 15.1. The van der Waals surface area contributed by atoms with E-state index >= 15 is 0 Å². The van der Waals surface area contributed by atoms with Crippen molar-refractivity contribution < 1.29 is 0 Å². The lowest BCUT2D eigenvalue weighted by atomic mass is 10.2. The minimum atomic E-state index is 1.06. The van der Waals surface area contributed by atoms with Gasteiger partial charge in [0.2, 0.25) is 0 Å². The topological polar surface area (TPSA) is 3.24 Å². The molecule has 1 rings (SSSR count). The van der Waals surface area contributed by atoms with Crippen LogP contribution in [0, 0.1) is 12.3 Å². The van der Waals surface area contributed by atoms with Crippen LogP contribution in [-0.4, -0.2) is 24.5 Å². The molecule has 76 valence electrons. The van der Waals surface area contributed by atoms with E-state index in [0.717, 1.165) is 13.0 Å². The average molecular weight is 189 g/mol. The molecule has 0 aromatic rings. The van der Waals surface area contributed by atoms with Crippen molar-refractivity contribution in [2.45, 2.75) is 26.2 Å². The molecule has 1 aliphatic heterocycles. The van der Waals surface area contributed by atoms with Gasteiger partial charge in [-0.1, -0.05) is 18.9 Å². The van der Waals surface area contributed by atoms with Crippen molar-refractivity contribution in [3.05, 3.63) is 23.8 Å². The van der Waals surface area contributed by atoms with Gasteiger partial charge in [-0.25, -0.2) is 0 Å². The van der Waals surface area contributed by atoms with Crippen molar-refractivity contribution in [1.82, 2.24) is 4.90 Å². The van der Waals surface area contributed by atoms with E-state index in [-0.39, 0.29) is 0 Å². The van der Waals surface area contributed by atoms with Gasteiger partial charge in [-0.3, -0.25) is 4.90 Å². The predicted octanol–water partition coefficient (Wildman–Crippen LogP) is 2.61. The number of allylic oxidation sites excluding steroid dienone is 2. The first-order valence-corrected chi connectivity index (χ1v) is 5.41. The standard InChI is InChI=1S/C13H19N/c1-3-5-9-13(8-4-2)12-14-10-6-7-11-14/h1,5,8-9H,4,6-7,10-12H2,2H3/b9-5-,13-8+. The molecule has 1 fully saturated rings. The molecule has 1 aliphatic rings. The summed E-state index contributed by atoms with van der Waals surface area (Å²) in [6.45, 7) is 5.70. The van der Waals surface area contributed by atoms with Gasteiger partial charge in [-0.05, 0) is 50.1 Å². The Kier molecular flexibility index (Phi) is 5.11. The summed E-state index contributed by atoms with van der Waals surface area (Å²) in [5.41, 5.74) is 1.35. The fraction of sp³-hybridized carbons (Fsp3) is 0.538. The first-order valence-electron chi connectivity index (χ1n) is 5.41. The number of hydrogen-bond acceptors (Lipinski definition) is 1. The summed E-state index contributed by atoms with van der Waals surface area (Å²) in [5, 5.41) is 0. The van der Waals surface area contributed by atoms with Crippen LogP contribution in [0.4, 0.5) is 0 Å². The Labute approximate surface area is 87.5 Å². The summed E-state index contributed by atoms with van der Waals surface area (Å²) in [6.07, 6.45) is 15.1. The SMILES string of the molecule is C#C/C=C\C(=C/CC)CN1CCCC1. The lowest BCUT2D eigenvalue weighted by Crippen LogP contribution is -2.21. The maximum absolute atomic E-state index is 5.20. The molecule has 0 unspecified atom stereocenters. The Balaban J connectivity index is 2.47. The zero-order valence-corrected chi connectivity index (χ0v) is 9.00. The zero-order valence-electron chi connectivity index (χ0n) is 9.00. The molecule has 1 nitrogen and oxygen atoms in total. The summed E-state index contributed by atoms with van der Waals surface area (Å²) >= 11 is 0. The number of rotatable bonds is 4. The van der Waals surface area contributed by atoms with E-state index in [1.165, 1.54) is 31.5 Å². The molecule has 0 aromatic carbocycles. The van der Waals surface area contributed by atoms with Crippen molar-refractivity contribution in [1.29, 1.82) is 0 Å². The Morgan fingerprint density at radius 3 is 2.71 bits per heavy atom. The fourth-order valence-electron chi connectivity index (χ4n) is 1.80. The van der Waals surface area contributed by atoms with Crippen LogP contribution in [0.5, 0.6) is 0 Å². The number of hydrogen-bond donors (Lipinski definition) is 0. The third-order valence-corrected chi connectivity index (χ3v) is 2.46. The largest absolute Gasteiger partial charge is 0.299 e. The van der Waals surface area contributed by atoms with Gasteiger partial charge in [0.1, 0.15) is 0 Å². The molecule has 14 heavy (non-hydrogen) atoms. The fourth-order valence-corrected chi connectivity index (χ4v) is 1.80. The van der Waals surface area contributed by atoms with Crippen molar-refractivity contribution in [2.75, 3.05) is 19.6 Å². The Morgan fingerprint density at radius 1 is 1.43 bits per heavy atom. The van der Waals surface area contributed by atoms with Gasteiger partial charge in [-0.2, -0.15) is 0 Å². The van der Waals surface area contributed by atoms with Crippen LogP contribution in [0.3, 0.4) is 0 Å². The molecule has 0 saturated carbocycles. The second kappa shape index (κ2) is 6.45. The summed E-state index contributed by atoms with van der Waals surface area (Å²) in [7, 11) is 0. The third-order valence-electron chi connectivity index (χ3n) is 2.46. The van der Waals surface area contributed by atoms with Gasteiger partial charge >= 0.3 is 0 Å². The van der Waals surface area contributed by atoms with Gasteiger partial charge < -0.3 is 0 Å². The minimum Gasteiger partial charge on any atom is -0.299 e. The number of nitrogens with zero attached hydrogens (tertiary/aromatic N) is 1. The highest BCUT2D eigenvalue weighted by Gasteiger charge is 2.11. The molecule has 0 aromatic heterocycles. The zero-order chi connectivity index (χ0) is 10.2. The van der Waals surface area contributed by atoms with E-state index < -0.39 is 0 Å². The maximum atomic E-state index is 5.20. The average Bonchev–Trinajstić information content (AvgIpc) is 2.67. The van der Waals surface area contributed by atoms with Gasteiger partial charge in [0, 0.05) is 6.54 Å². The van der Waals surface area contributed by atoms with E-state index in [1.807, 2.05) is 0 Å². The number of terminal acetylenes is 1. The number of likely N-dealkylation sites (tertiary alicyclic amines) is 1. The molecule has 0 amide bonds. The second-order valence-corrected chi connectivity index (χ2v) is 3.67. The minimum absolute atomic E-state index is 1.06. The van der Waals surface area contributed by atoms with E-state index in [4.69, 9.17) is 6.42 Å². The Morgan fingerprint density at radius 2 is 2.14 bits per heavy atom. The van der Waals surface area contributed by atoms with Crippen LogP contribution >= 0.6 is 0 Å². The van der Waals surface area contributed by atoms with E-state index in [1.54, 1.807) is 6.08 Å². The van der Waals surface area contributed by atoms with Gasteiger partial charge in [-0.15, -0.1) is 6.42 Å². The van der Waals surface area contributed by atoms with Crippen LogP contribution in [-0.2, 0) is 0 Å². The molecular formula is C13H19N. The highest BCUT2D eigenvalue weighted by molar-refractivity contribution is 5.26. The van der Waals surface area contributed by atoms with E-state index in [0.29, 0.717) is 0 Å². The first-order chi connectivity index (χ1) is 6.86. The van der Waals surface area contributed by atoms with Crippen molar-refractivity contribution >= 4 is 0 Å². The Hall–Kier alpha value is -1.00. The van der Waals surface area contributed by atoms with Gasteiger partial charge in [0.05, 0.1) is 0 Å². The summed E-state index contributed by atoms with van der Waals surface area (Å²) < 4.78 is 0. The van der Waals surface area contributed by atoms with Gasteiger partial charge in [0.25, 0.3) is 0 Å². The van der Waals surface area contributed by atoms with Crippen LogP contribution < -0.4 is 0 Å². The monoisotopic (exact) mass is 189 g/mol. The summed E-state index contributed by atoms with van der Waals surface area (Å²) in [5.74, 6) is 2.54. The molecule has 0 radical (unpaired) electrons. The molecule has 1 saturated heterocycles. The Bertz CT molecular complexity index is 249. The second-order valence-electron chi connectivity index (χ2n) is 3.67. The van der Waals surface area contributed by atoms with E-state index in [2.05, 4.69) is 29.9 Å². The molecule has 0 N–H and O–H groups in total. The molecule has 1 heterocycles. The van der Waals surface area contributed by atoms with Crippen LogP contribution in [0.2, 0.25) is 0 Å². The smallest absolute Gasteiger partial charge is 0.0230 e. The molecule has 0 spiro atoms. The molecule has 0 aliphatic carbocycles. The van der Waals surface area contributed by atoms with Crippen LogP contribution in [0.15, 0.2) is 23.8 Å². The van der Waals surface area contributed by atoms with Gasteiger partial charge in [0.15, 0.2) is 0 Å². The normalized spacial score (nSPS) is 19.0. The summed E-state index contributed by atoms with van der Waals surface area (Å²) in [4.78, 5) is 2.49. The van der Waals surface area contributed by atoms with Crippen molar-refractivity contribution in [3.8, 4) is 12.3 Å². The molecular weight excluding hydrogens is 170 g/mol. The third kappa shape index (κ3) is 3.81.